The fourth-order valence-corrected chi connectivity index (χ4v) is 5.12. The van der Waals surface area contributed by atoms with Gasteiger partial charge in [0.05, 0.1) is 12.5 Å². The van der Waals surface area contributed by atoms with Gasteiger partial charge in [0.1, 0.15) is 36.3 Å². The summed E-state index contributed by atoms with van der Waals surface area (Å²) in [4.78, 5) is 109. The summed E-state index contributed by atoms with van der Waals surface area (Å²) in [6.45, 7) is 2.67. The van der Waals surface area contributed by atoms with Gasteiger partial charge in [-0.3, -0.25) is 48.3 Å². The zero-order chi connectivity index (χ0) is 42.2. The molecular formula is C30H55N13O10S2. The predicted molar refractivity (Wildman–Crippen MR) is 207 cm³/mol. The number of hydrogen-bond acceptors (Lipinski definition) is 13. The summed E-state index contributed by atoms with van der Waals surface area (Å²) in [5.41, 5.74) is 27.2. The molecular weight excluding hydrogens is 767 g/mol. The standard InChI is InChI=1S/C30H55N13O10S2/c1-14(22(46)40-17(6-4-9-36-29(32)33)24(48)39-15(2)28(52)53)38-27(51)20(13-54)43-26(50)19(12-21(44)45)42-25(49)18(7-5-10-37-30(34)35)41-23(47)16(31)8-11-55-3/h14-20,54H,4-13,31H2,1-3H3,(H,38,51)(H,39,48)(H,40,46)(H,41,47)(H,42,49)(H,43,50)(H,44,45)(H,52,53)(H4,32,33,36)(H4,34,35,37). The van der Waals surface area contributed by atoms with Crippen molar-refractivity contribution in [2.45, 2.75) is 94.7 Å². The Kier molecular flexibility index (Phi) is 24.2. The fourth-order valence-electron chi connectivity index (χ4n) is 4.37. The third-order valence-electron chi connectivity index (χ3n) is 7.43. The van der Waals surface area contributed by atoms with Crippen LogP contribution in [0.4, 0.5) is 0 Å². The summed E-state index contributed by atoms with van der Waals surface area (Å²) in [6.07, 6.45) is 1.57. The summed E-state index contributed by atoms with van der Waals surface area (Å²) in [5, 5.41) is 32.8. The number of thioether (sulfide) groups is 1. The third-order valence-corrected chi connectivity index (χ3v) is 8.44. The highest BCUT2D eigenvalue weighted by atomic mass is 32.2. The molecule has 0 spiro atoms. The predicted octanol–water partition coefficient (Wildman–Crippen LogP) is -5.39. The van der Waals surface area contributed by atoms with E-state index in [9.17, 15) is 43.5 Å². The lowest BCUT2D eigenvalue weighted by molar-refractivity contribution is -0.142. The van der Waals surface area contributed by atoms with Crippen LogP contribution in [0.15, 0.2) is 9.98 Å². The monoisotopic (exact) mass is 821 g/mol. The van der Waals surface area contributed by atoms with Crippen molar-refractivity contribution < 1.29 is 48.6 Å². The van der Waals surface area contributed by atoms with Crippen molar-refractivity contribution in [3.63, 3.8) is 0 Å². The largest absolute Gasteiger partial charge is 0.481 e. The Labute approximate surface area is 327 Å². The van der Waals surface area contributed by atoms with Gasteiger partial charge >= 0.3 is 11.9 Å². The van der Waals surface area contributed by atoms with Gasteiger partial charge in [-0.1, -0.05) is 0 Å². The first-order valence-electron chi connectivity index (χ1n) is 17.0. The number of aliphatic carboxylic acids is 2. The highest BCUT2D eigenvalue weighted by Crippen LogP contribution is 2.06. The molecule has 0 radical (unpaired) electrons. The van der Waals surface area contributed by atoms with Gasteiger partial charge < -0.3 is 70.8 Å². The van der Waals surface area contributed by atoms with Crippen LogP contribution < -0.4 is 60.6 Å². The van der Waals surface area contributed by atoms with Crippen LogP contribution in [0.1, 0.15) is 52.4 Å². The zero-order valence-electron chi connectivity index (χ0n) is 30.9. The van der Waals surface area contributed by atoms with E-state index in [4.69, 9.17) is 33.8 Å². The molecule has 0 aliphatic heterocycles. The second-order valence-corrected chi connectivity index (χ2v) is 13.5. The molecule has 0 aromatic rings. The van der Waals surface area contributed by atoms with E-state index in [1.807, 2.05) is 6.26 Å². The number of nitrogens with one attached hydrogen (secondary N) is 6. The maximum Gasteiger partial charge on any atom is 0.325 e. The van der Waals surface area contributed by atoms with Crippen molar-refractivity contribution in [2.24, 2.45) is 38.7 Å². The van der Waals surface area contributed by atoms with Crippen molar-refractivity contribution in [3.8, 4) is 0 Å². The molecule has 312 valence electrons. The minimum atomic E-state index is -1.74. The first-order valence-corrected chi connectivity index (χ1v) is 19.0. The molecule has 0 saturated carbocycles. The number of guanidine groups is 2. The molecule has 0 aromatic carbocycles. The normalized spacial score (nSPS) is 14.5. The molecule has 0 heterocycles. The van der Waals surface area contributed by atoms with E-state index in [-0.39, 0.29) is 56.4 Å². The first-order chi connectivity index (χ1) is 25.7. The number of aliphatic imine (C=N–C) groups is 2. The van der Waals surface area contributed by atoms with E-state index < -0.39 is 96.1 Å². The lowest BCUT2D eigenvalue weighted by Crippen LogP contribution is -2.60. The van der Waals surface area contributed by atoms with Crippen molar-refractivity contribution in [1.82, 2.24) is 31.9 Å². The van der Waals surface area contributed by atoms with Gasteiger partial charge in [-0.05, 0) is 58.0 Å². The van der Waals surface area contributed by atoms with E-state index in [2.05, 4.69) is 54.5 Å². The molecule has 0 rings (SSSR count). The Morgan fingerprint density at radius 2 is 1.04 bits per heavy atom. The number of hydrogen-bond donors (Lipinski definition) is 14. The van der Waals surface area contributed by atoms with Crippen LogP contribution in [0.5, 0.6) is 0 Å². The first kappa shape index (κ1) is 50.0. The molecule has 0 aromatic heterocycles. The average Bonchev–Trinajstić information content (AvgIpc) is 3.10. The van der Waals surface area contributed by atoms with Crippen LogP contribution in [0.2, 0.25) is 0 Å². The molecule has 55 heavy (non-hydrogen) atoms. The number of carboxylic acid groups (broad SMARTS) is 2. The third kappa shape index (κ3) is 21.4. The number of carbonyl (C=O) groups excluding carboxylic acids is 6. The van der Waals surface area contributed by atoms with Crippen LogP contribution in [0, 0.1) is 0 Å². The van der Waals surface area contributed by atoms with Crippen LogP contribution in [-0.4, -0.2) is 143 Å². The number of nitrogens with zero attached hydrogens (tertiary/aromatic N) is 2. The van der Waals surface area contributed by atoms with Crippen molar-refractivity contribution >= 4 is 83.7 Å². The number of carbonyl (C=O) groups is 8. The molecule has 6 amide bonds. The molecule has 0 saturated heterocycles. The summed E-state index contributed by atoms with van der Waals surface area (Å²) >= 11 is 5.54. The van der Waals surface area contributed by atoms with Crippen LogP contribution in [0.3, 0.4) is 0 Å². The lowest BCUT2D eigenvalue weighted by Gasteiger charge is -2.26. The molecule has 0 aliphatic rings. The minimum absolute atomic E-state index is 0.0149. The van der Waals surface area contributed by atoms with Crippen molar-refractivity contribution in [1.29, 1.82) is 0 Å². The number of nitrogens with two attached hydrogens (primary N) is 5. The van der Waals surface area contributed by atoms with Gasteiger partial charge in [0.25, 0.3) is 0 Å². The molecule has 18 N–H and O–H groups in total. The average molecular weight is 822 g/mol. The van der Waals surface area contributed by atoms with E-state index in [0.717, 1.165) is 0 Å². The summed E-state index contributed by atoms with van der Waals surface area (Å²) in [7, 11) is 0. The van der Waals surface area contributed by atoms with Crippen LogP contribution in [-0.2, 0) is 38.4 Å². The number of amides is 6. The van der Waals surface area contributed by atoms with Crippen LogP contribution in [0.25, 0.3) is 0 Å². The van der Waals surface area contributed by atoms with Gasteiger partial charge in [-0.15, -0.1) is 0 Å². The quantitative estimate of drug-likeness (QED) is 0.0159. The summed E-state index contributed by atoms with van der Waals surface area (Å²) in [5.74, 6) is -8.31. The van der Waals surface area contributed by atoms with E-state index in [0.29, 0.717) is 12.2 Å². The molecule has 0 bridgehead atoms. The topological polar surface area (TPSA) is 404 Å². The molecule has 0 aliphatic carbocycles. The highest BCUT2D eigenvalue weighted by Gasteiger charge is 2.33. The Morgan fingerprint density at radius 1 is 0.618 bits per heavy atom. The maximum absolute atomic E-state index is 13.3. The molecule has 25 heteroatoms. The zero-order valence-corrected chi connectivity index (χ0v) is 32.6. The summed E-state index contributed by atoms with van der Waals surface area (Å²) < 4.78 is 0. The Bertz CT molecular complexity index is 1400. The number of rotatable bonds is 27. The summed E-state index contributed by atoms with van der Waals surface area (Å²) in [6, 6.07) is -9.30. The molecule has 23 nitrogen and oxygen atoms in total. The van der Waals surface area contributed by atoms with Gasteiger partial charge in [0.15, 0.2) is 11.9 Å². The number of carboxylic acids is 2. The Balaban J connectivity index is 5.86. The second kappa shape index (κ2) is 26.7. The van der Waals surface area contributed by atoms with Gasteiger partial charge in [-0.2, -0.15) is 24.4 Å². The molecule has 7 atom stereocenters. The Hall–Kier alpha value is -5.04. The van der Waals surface area contributed by atoms with Crippen molar-refractivity contribution in [3.05, 3.63) is 0 Å². The number of thiol groups is 1. The second-order valence-electron chi connectivity index (χ2n) is 12.1. The minimum Gasteiger partial charge on any atom is -0.481 e. The Morgan fingerprint density at radius 3 is 1.49 bits per heavy atom. The van der Waals surface area contributed by atoms with Crippen LogP contribution >= 0.6 is 24.4 Å². The van der Waals surface area contributed by atoms with E-state index in [1.165, 1.54) is 25.6 Å². The SMILES string of the molecule is CSCCC(N)C(=O)NC(CCCN=C(N)N)C(=O)NC(CC(=O)O)C(=O)NC(CS)C(=O)NC(C)C(=O)NC(CCCN=C(N)N)C(=O)NC(C)C(=O)O. The van der Waals surface area contributed by atoms with E-state index >= 15 is 0 Å². The fraction of sp³-hybridized carbons (Fsp3) is 0.667. The molecule has 7 unspecified atom stereocenters. The van der Waals surface area contributed by atoms with Crippen molar-refractivity contribution in [2.75, 3.05) is 30.9 Å². The van der Waals surface area contributed by atoms with Gasteiger partial charge in [-0.25, -0.2) is 0 Å². The van der Waals surface area contributed by atoms with Gasteiger partial charge in [0.2, 0.25) is 35.4 Å². The van der Waals surface area contributed by atoms with Gasteiger partial charge in [0, 0.05) is 18.8 Å². The highest BCUT2D eigenvalue weighted by molar-refractivity contribution is 7.98. The van der Waals surface area contributed by atoms with E-state index in [1.54, 1.807) is 0 Å². The molecule has 0 fully saturated rings. The maximum atomic E-state index is 13.3. The smallest absolute Gasteiger partial charge is 0.325 e. The lowest BCUT2D eigenvalue weighted by atomic mass is 10.1.